The van der Waals surface area contributed by atoms with Gasteiger partial charge in [0.2, 0.25) is 0 Å². The third-order valence-electron chi connectivity index (χ3n) is 6.72. The summed E-state index contributed by atoms with van der Waals surface area (Å²) in [5.74, 6) is 0.795. The molecule has 0 spiro atoms. The quantitative estimate of drug-likeness (QED) is 0.437. The average molecular weight is 501 g/mol. The molecule has 4 aromatic rings. The molecule has 1 aromatic heterocycles. The zero-order valence-electron chi connectivity index (χ0n) is 20.8. The first-order chi connectivity index (χ1) is 18.0. The molecule has 1 amide bonds. The summed E-state index contributed by atoms with van der Waals surface area (Å²) in [6, 6.07) is 20.4. The minimum atomic E-state index is -0.527. The van der Waals surface area contributed by atoms with Gasteiger partial charge in [0.25, 0.3) is 11.5 Å². The molecule has 0 radical (unpaired) electrons. The number of para-hydroxylation sites is 1. The van der Waals surface area contributed by atoms with Gasteiger partial charge in [-0.3, -0.25) is 14.2 Å². The van der Waals surface area contributed by atoms with Gasteiger partial charge < -0.3 is 24.3 Å². The van der Waals surface area contributed by atoms with Crippen molar-refractivity contribution in [3.05, 3.63) is 98.7 Å². The Morgan fingerprint density at radius 1 is 0.865 bits per heavy atom. The fraction of sp³-hybridized carbons (Fsp3) is 0.250. The van der Waals surface area contributed by atoms with Crippen LogP contribution in [0.3, 0.4) is 0 Å². The molecule has 0 aliphatic carbocycles. The van der Waals surface area contributed by atoms with Crippen LogP contribution in [0.2, 0.25) is 0 Å². The van der Waals surface area contributed by atoms with E-state index in [1.165, 1.54) is 14.2 Å². The Labute approximate surface area is 213 Å². The highest BCUT2D eigenvalue weighted by Gasteiger charge is 2.22. The van der Waals surface area contributed by atoms with E-state index in [1.807, 2.05) is 23.1 Å². The van der Waals surface area contributed by atoms with Crippen LogP contribution in [0.15, 0.2) is 76.3 Å². The number of amides is 1. The molecular formula is C28H28N4O5. The Bertz CT molecular complexity index is 1540. The van der Waals surface area contributed by atoms with Gasteiger partial charge in [-0.25, -0.2) is 4.79 Å². The molecule has 5 rings (SSSR count). The number of aromatic nitrogens is 2. The smallest absolute Gasteiger partial charge is 0.329 e. The van der Waals surface area contributed by atoms with Gasteiger partial charge in [0, 0.05) is 43.5 Å². The summed E-state index contributed by atoms with van der Waals surface area (Å²) >= 11 is 0. The summed E-state index contributed by atoms with van der Waals surface area (Å²) < 4.78 is 11.7. The van der Waals surface area contributed by atoms with E-state index < -0.39 is 11.2 Å². The van der Waals surface area contributed by atoms with Crippen molar-refractivity contribution in [3.8, 4) is 11.5 Å². The predicted molar refractivity (Wildman–Crippen MR) is 142 cm³/mol. The largest absolute Gasteiger partial charge is 0.493 e. The Morgan fingerprint density at radius 3 is 2.16 bits per heavy atom. The van der Waals surface area contributed by atoms with E-state index in [1.54, 1.807) is 36.4 Å². The van der Waals surface area contributed by atoms with Crippen LogP contribution in [0.1, 0.15) is 15.9 Å². The minimum absolute atomic E-state index is 0.0268. The van der Waals surface area contributed by atoms with Crippen molar-refractivity contribution in [1.29, 1.82) is 0 Å². The number of nitrogens with one attached hydrogen (secondary N) is 1. The molecule has 0 bridgehead atoms. The number of methoxy groups -OCH3 is 2. The van der Waals surface area contributed by atoms with Crippen molar-refractivity contribution >= 4 is 22.5 Å². The maximum atomic E-state index is 13.1. The number of ether oxygens (including phenoxy) is 2. The SMILES string of the molecule is COc1cc2[nH]c(=O)n(Cc3ccc(C(=O)N4CCN(c5ccccc5)CC4)cc3)c(=O)c2cc1OC. The lowest BCUT2D eigenvalue weighted by Gasteiger charge is -2.36. The van der Waals surface area contributed by atoms with Crippen molar-refractivity contribution in [1.82, 2.24) is 14.5 Å². The molecule has 9 nitrogen and oxygen atoms in total. The number of H-pyrrole nitrogens is 1. The van der Waals surface area contributed by atoms with Gasteiger partial charge in [-0.2, -0.15) is 0 Å². The van der Waals surface area contributed by atoms with Crippen molar-refractivity contribution < 1.29 is 14.3 Å². The second-order valence-corrected chi connectivity index (χ2v) is 8.89. The molecule has 190 valence electrons. The van der Waals surface area contributed by atoms with Gasteiger partial charge in [0.15, 0.2) is 11.5 Å². The lowest BCUT2D eigenvalue weighted by Crippen LogP contribution is -2.48. The Kier molecular flexibility index (Phi) is 6.68. The highest BCUT2D eigenvalue weighted by Crippen LogP contribution is 2.29. The van der Waals surface area contributed by atoms with Crippen LogP contribution in [0.25, 0.3) is 10.9 Å². The summed E-state index contributed by atoms with van der Waals surface area (Å²) in [4.78, 5) is 45.7. The number of carbonyl (C=O) groups excluding carboxylic acids is 1. The van der Waals surface area contributed by atoms with Gasteiger partial charge in [-0.05, 0) is 35.9 Å². The van der Waals surface area contributed by atoms with E-state index in [0.29, 0.717) is 41.1 Å². The van der Waals surface area contributed by atoms with Gasteiger partial charge >= 0.3 is 5.69 Å². The standard InChI is InChI=1S/C28H28N4O5/c1-36-24-16-22-23(17-25(24)37-2)29-28(35)32(27(22)34)18-19-8-10-20(11-9-19)26(33)31-14-12-30(13-15-31)21-6-4-3-5-7-21/h3-11,16-17H,12-15,18H2,1-2H3,(H,29,35). The number of benzene rings is 3. The fourth-order valence-electron chi connectivity index (χ4n) is 4.65. The van der Waals surface area contributed by atoms with Crippen LogP contribution in [0.4, 0.5) is 5.69 Å². The molecule has 37 heavy (non-hydrogen) atoms. The molecule has 0 saturated carbocycles. The van der Waals surface area contributed by atoms with E-state index in [2.05, 4.69) is 22.0 Å². The number of rotatable bonds is 6. The number of piperazine rings is 1. The summed E-state index contributed by atoms with van der Waals surface area (Å²) in [5.41, 5.74) is 1.89. The first-order valence-electron chi connectivity index (χ1n) is 12.1. The van der Waals surface area contributed by atoms with Crippen molar-refractivity contribution in [2.75, 3.05) is 45.3 Å². The Balaban J connectivity index is 1.31. The third-order valence-corrected chi connectivity index (χ3v) is 6.72. The topological polar surface area (TPSA) is 96.9 Å². The van der Waals surface area contributed by atoms with E-state index in [9.17, 15) is 14.4 Å². The molecule has 1 aliphatic heterocycles. The highest BCUT2D eigenvalue weighted by atomic mass is 16.5. The molecule has 1 aliphatic rings. The number of nitrogens with zero attached hydrogens (tertiary/aromatic N) is 3. The summed E-state index contributed by atoms with van der Waals surface area (Å²) in [7, 11) is 2.97. The summed E-state index contributed by atoms with van der Waals surface area (Å²) in [5, 5.41) is 0.318. The monoisotopic (exact) mass is 500 g/mol. The molecule has 3 aromatic carbocycles. The highest BCUT2D eigenvalue weighted by molar-refractivity contribution is 5.94. The van der Waals surface area contributed by atoms with Gasteiger partial charge in [-0.1, -0.05) is 30.3 Å². The molecule has 1 fully saturated rings. The maximum Gasteiger partial charge on any atom is 0.329 e. The van der Waals surface area contributed by atoms with Crippen molar-refractivity contribution in [2.24, 2.45) is 0 Å². The van der Waals surface area contributed by atoms with E-state index in [-0.39, 0.29) is 12.5 Å². The van der Waals surface area contributed by atoms with Gasteiger partial charge in [0.05, 0.1) is 31.7 Å². The van der Waals surface area contributed by atoms with Crippen molar-refractivity contribution in [3.63, 3.8) is 0 Å². The van der Waals surface area contributed by atoms with Gasteiger partial charge in [-0.15, -0.1) is 0 Å². The maximum absolute atomic E-state index is 13.1. The van der Waals surface area contributed by atoms with Gasteiger partial charge in [0.1, 0.15) is 0 Å². The van der Waals surface area contributed by atoms with E-state index in [4.69, 9.17) is 9.47 Å². The molecule has 1 N–H and O–H groups in total. The van der Waals surface area contributed by atoms with E-state index in [0.717, 1.165) is 28.9 Å². The van der Waals surface area contributed by atoms with Crippen LogP contribution in [-0.4, -0.2) is 60.8 Å². The fourth-order valence-corrected chi connectivity index (χ4v) is 4.65. The van der Waals surface area contributed by atoms with Crippen LogP contribution >= 0.6 is 0 Å². The minimum Gasteiger partial charge on any atom is -0.493 e. The number of aromatic amines is 1. The molecule has 1 saturated heterocycles. The van der Waals surface area contributed by atoms with Crippen molar-refractivity contribution in [2.45, 2.75) is 6.54 Å². The Hall–Kier alpha value is -4.53. The van der Waals surface area contributed by atoms with Crippen LogP contribution in [0.5, 0.6) is 11.5 Å². The number of carbonyl (C=O) groups is 1. The summed E-state index contributed by atoms with van der Waals surface area (Å²) in [6.07, 6.45) is 0. The zero-order chi connectivity index (χ0) is 25.9. The molecule has 0 atom stereocenters. The number of fused-ring (bicyclic) bond motifs is 1. The average Bonchev–Trinajstić information content (AvgIpc) is 2.95. The summed E-state index contributed by atoms with van der Waals surface area (Å²) in [6.45, 7) is 2.91. The first-order valence-corrected chi connectivity index (χ1v) is 12.1. The predicted octanol–water partition coefficient (Wildman–Crippen LogP) is 2.72. The molecule has 0 unspecified atom stereocenters. The second kappa shape index (κ2) is 10.2. The lowest BCUT2D eigenvalue weighted by molar-refractivity contribution is 0.0747. The number of anilines is 1. The normalized spacial score (nSPS) is 13.6. The van der Waals surface area contributed by atoms with Crippen LogP contribution < -0.4 is 25.6 Å². The second-order valence-electron chi connectivity index (χ2n) is 8.89. The zero-order valence-corrected chi connectivity index (χ0v) is 20.8. The molecular weight excluding hydrogens is 472 g/mol. The molecule has 2 heterocycles. The lowest BCUT2D eigenvalue weighted by atomic mass is 10.1. The Morgan fingerprint density at radius 2 is 1.51 bits per heavy atom. The van der Waals surface area contributed by atoms with Crippen LogP contribution in [0, 0.1) is 0 Å². The third kappa shape index (κ3) is 4.80. The van der Waals surface area contributed by atoms with Crippen LogP contribution in [-0.2, 0) is 6.54 Å². The number of hydrogen-bond acceptors (Lipinski definition) is 6. The first kappa shape index (κ1) is 24.2. The van der Waals surface area contributed by atoms with E-state index >= 15 is 0 Å². The number of hydrogen-bond donors (Lipinski definition) is 1. The molecule has 9 heteroatoms.